The van der Waals surface area contributed by atoms with Crippen molar-refractivity contribution in [1.29, 1.82) is 0 Å². The van der Waals surface area contributed by atoms with Crippen LogP contribution in [0.4, 0.5) is 0 Å². The van der Waals surface area contributed by atoms with Crippen molar-refractivity contribution >= 4 is 10.0 Å². The topological polar surface area (TPSA) is 79.0 Å². The summed E-state index contributed by atoms with van der Waals surface area (Å²) in [6, 6.07) is 2.41. The molecule has 1 rings (SSSR count). The zero-order chi connectivity index (χ0) is 13.6. The average molecular weight is 272 g/mol. The fourth-order valence-corrected chi connectivity index (χ4v) is 2.90. The Morgan fingerprint density at radius 2 is 2.06 bits per heavy atom. The Bertz CT molecular complexity index is 502. The summed E-state index contributed by atoms with van der Waals surface area (Å²) in [4.78, 5) is 13.3. The zero-order valence-electron chi connectivity index (χ0n) is 10.8. The first-order valence-electron chi connectivity index (χ1n) is 6.17. The molecule has 0 aliphatic heterocycles. The van der Waals surface area contributed by atoms with Gasteiger partial charge >= 0.3 is 0 Å². The predicted molar refractivity (Wildman–Crippen MR) is 71.0 cm³/mol. The summed E-state index contributed by atoms with van der Waals surface area (Å²) in [7, 11) is -3.53. The van der Waals surface area contributed by atoms with Gasteiger partial charge in [0.25, 0.3) is 0 Å². The molecule has 1 aromatic rings. The van der Waals surface area contributed by atoms with E-state index in [0.29, 0.717) is 0 Å². The highest BCUT2D eigenvalue weighted by atomic mass is 32.2. The van der Waals surface area contributed by atoms with Gasteiger partial charge in [0.2, 0.25) is 15.6 Å². The van der Waals surface area contributed by atoms with Crippen molar-refractivity contribution in [2.24, 2.45) is 0 Å². The minimum absolute atomic E-state index is 0.0874. The number of H-pyrrole nitrogens is 1. The fourth-order valence-electron chi connectivity index (χ4n) is 1.66. The van der Waals surface area contributed by atoms with E-state index < -0.39 is 10.0 Å². The second-order valence-corrected chi connectivity index (χ2v) is 6.12. The van der Waals surface area contributed by atoms with Crippen LogP contribution in [0.15, 0.2) is 28.0 Å². The van der Waals surface area contributed by atoms with Crippen LogP contribution >= 0.6 is 0 Å². The van der Waals surface area contributed by atoms with Gasteiger partial charge in [0, 0.05) is 18.3 Å². The molecule has 1 aromatic heterocycles. The lowest BCUT2D eigenvalue weighted by molar-refractivity contribution is 0.527. The van der Waals surface area contributed by atoms with Gasteiger partial charge in [0.05, 0.1) is 4.90 Å². The number of hydrogen-bond acceptors (Lipinski definition) is 3. The number of pyridine rings is 1. The molecule has 0 aliphatic rings. The summed E-state index contributed by atoms with van der Waals surface area (Å²) in [6.07, 6.45) is 5.25. The number of rotatable bonds is 7. The van der Waals surface area contributed by atoms with Gasteiger partial charge in [0.1, 0.15) is 0 Å². The van der Waals surface area contributed by atoms with Crippen LogP contribution in [0.25, 0.3) is 0 Å². The smallest absolute Gasteiger partial charge is 0.247 e. The highest BCUT2D eigenvalue weighted by molar-refractivity contribution is 7.89. The van der Waals surface area contributed by atoms with Crippen LogP contribution in [-0.4, -0.2) is 19.4 Å². The molecule has 0 aliphatic carbocycles. The molecule has 0 radical (unpaired) electrons. The molecule has 18 heavy (non-hydrogen) atoms. The van der Waals surface area contributed by atoms with Crippen molar-refractivity contribution in [2.75, 3.05) is 0 Å². The normalized spacial score (nSPS) is 13.4. The Balaban J connectivity index is 2.64. The van der Waals surface area contributed by atoms with Crippen molar-refractivity contribution in [1.82, 2.24) is 9.71 Å². The molecule has 0 bridgehead atoms. The second-order valence-electron chi connectivity index (χ2n) is 4.41. The molecule has 2 N–H and O–H groups in total. The summed E-state index contributed by atoms with van der Waals surface area (Å²) < 4.78 is 26.5. The first-order chi connectivity index (χ1) is 8.45. The fraction of sp³-hybridized carbons (Fsp3) is 0.583. The molecule has 1 heterocycles. The summed E-state index contributed by atoms with van der Waals surface area (Å²) in [5.41, 5.74) is -0.315. The van der Waals surface area contributed by atoms with E-state index in [1.54, 1.807) is 0 Å². The lowest BCUT2D eigenvalue weighted by atomic mass is 10.1. The third-order valence-corrected chi connectivity index (χ3v) is 4.25. The number of aromatic amines is 1. The Morgan fingerprint density at radius 1 is 1.33 bits per heavy atom. The molecule has 6 heteroatoms. The first-order valence-corrected chi connectivity index (χ1v) is 7.65. The lowest BCUT2D eigenvalue weighted by Gasteiger charge is -2.13. The maximum atomic E-state index is 12.0. The maximum Gasteiger partial charge on any atom is 0.247 e. The minimum atomic E-state index is -3.53. The SMILES string of the molecule is CCCCCC(C)NS(=O)(=O)c1ccc(=O)[nH]c1. The van der Waals surface area contributed by atoms with Gasteiger partial charge in [-0.1, -0.05) is 26.2 Å². The summed E-state index contributed by atoms with van der Waals surface area (Å²) in [6.45, 7) is 3.95. The molecule has 1 atom stereocenters. The summed E-state index contributed by atoms with van der Waals surface area (Å²) >= 11 is 0. The highest BCUT2D eigenvalue weighted by Crippen LogP contribution is 2.08. The molecule has 1 unspecified atom stereocenters. The van der Waals surface area contributed by atoms with Crippen LogP contribution in [0.3, 0.4) is 0 Å². The monoisotopic (exact) mass is 272 g/mol. The maximum absolute atomic E-state index is 12.0. The minimum Gasteiger partial charge on any atom is -0.328 e. The van der Waals surface area contributed by atoms with Crippen LogP contribution < -0.4 is 10.3 Å². The number of nitrogens with one attached hydrogen (secondary N) is 2. The van der Waals surface area contributed by atoms with E-state index in [1.807, 2.05) is 6.92 Å². The highest BCUT2D eigenvalue weighted by Gasteiger charge is 2.16. The molecule has 0 spiro atoms. The van der Waals surface area contributed by atoms with Gasteiger partial charge in [-0.05, 0) is 19.4 Å². The standard InChI is InChI=1S/C12H20N2O3S/c1-3-4-5-6-10(2)14-18(16,17)11-7-8-12(15)13-9-11/h7-10,14H,3-6H2,1-2H3,(H,13,15). The third kappa shape index (κ3) is 4.62. The molecule has 5 nitrogen and oxygen atoms in total. The average Bonchev–Trinajstić information content (AvgIpc) is 2.29. The van der Waals surface area contributed by atoms with E-state index >= 15 is 0 Å². The van der Waals surface area contributed by atoms with Gasteiger partial charge < -0.3 is 4.98 Å². The molecular formula is C12H20N2O3S. The largest absolute Gasteiger partial charge is 0.328 e. The van der Waals surface area contributed by atoms with Crippen molar-refractivity contribution in [2.45, 2.75) is 50.5 Å². The molecule has 102 valence electrons. The van der Waals surface area contributed by atoms with Gasteiger partial charge in [-0.15, -0.1) is 0 Å². The van der Waals surface area contributed by atoms with Crippen LogP contribution in [0.2, 0.25) is 0 Å². The van der Waals surface area contributed by atoms with Crippen LogP contribution in [0, 0.1) is 0 Å². The Hall–Kier alpha value is -1.14. The summed E-state index contributed by atoms with van der Waals surface area (Å²) in [5.74, 6) is 0. The van der Waals surface area contributed by atoms with Crippen molar-refractivity contribution in [3.05, 3.63) is 28.7 Å². The van der Waals surface area contributed by atoms with Gasteiger partial charge in [-0.25, -0.2) is 13.1 Å². The molecular weight excluding hydrogens is 252 g/mol. The van der Waals surface area contributed by atoms with E-state index in [4.69, 9.17) is 0 Å². The van der Waals surface area contributed by atoms with Crippen molar-refractivity contribution in [3.63, 3.8) is 0 Å². The Kier molecular flexibility index (Phi) is 5.55. The van der Waals surface area contributed by atoms with E-state index in [-0.39, 0.29) is 16.5 Å². The zero-order valence-corrected chi connectivity index (χ0v) is 11.6. The third-order valence-electron chi connectivity index (χ3n) is 2.66. The summed E-state index contributed by atoms with van der Waals surface area (Å²) in [5, 5.41) is 0. The Labute approximate surface area is 108 Å². The van der Waals surface area contributed by atoms with E-state index in [9.17, 15) is 13.2 Å². The van der Waals surface area contributed by atoms with E-state index in [1.165, 1.54) is 18.3 Å². The quantitative estimate of drug-likeness (QED) is 0.740. The number of aromatic nitrogens is 1. The van der Waals surface area contributed by atoms with E-state index in [2.05, 4.69) is 16.6 Å². The molecule has 0 saturated heterocycles. The molecule has 0 saturated carbocycles. The van der Waals surface area contributed by atoms with Gasteiger partial charge in [-0.3, -0.25) is 4.79 Å². The first kappa shape index (κ1) is 14.9. The van der Waals surface area contributed by atoms with Gasteiger partial charge in [-0.2, -0.15) is 0 Å². The number of sulfonamides is 1. The van der Waals surface area contributed by atoms with Crippen molar-refractivity contribution in [3.8, 4) is 0 Å². The van der Waals surface area contributed by atoms with Crippen LogP contribution in [-0.2, 0) is 10.0 Å². The molecule has 0 aromatic carbocycles. The van der Waals surface area contributed by atoms with Crippen LogP contribution in [0.1, 0.15) is 39.5 Å². The number of hydrogen-bond donors (Lipinski definition) is 2. The van der Waals surface area contributed by atoms with Gasteiger partial charge in [0.15, 0.2) is 0 Å². The Morgan fingerprint density at radius 3 is 2.61 bits per heavy atom. The lowest BCUT2D eigenvalue weighted by Crippen LogP contribution is -2.32. The molecule has 0 fully saturated rings. The van der Waals surface area contributed by atoms with Crippen molar-refractivity contribution < 1.29 is 8.42 Å². The number of unbranched alkanes of at least 4 members (excludes halogenated alkanes) is 2. The van der Waals surface area contributed by atoms with Crippen LogP contribution in [0.5, 0.6) is 0 Å². The predicted octanol–water partition coefficient (Wildman–Crippen LogP) is 1.62. The second kappa shape index (κ2) is 6.70. The molecule has 0 amide bonds. The van der Waals surface area contributed by atoms with E-state index in [0.717, 1.165) is 25.7 Å².